The first-order valence-corrected chi connectivity index (χ1v) is 6.86. The van der Waals surface area contributed by atoms with Gasteiger partial charge < -0.3 is 4.74 Å². The van der Waals surface area contributed by atoms with Crippen LogP contribution >= 0.6 is 11.3 Å². The number of aryl methyl sites for hydroxylation is 2. The second kappa shape index (κ2) is 4.75. The lowest BCUT2D eigenvalue weighted by Gasteiger charge is -2.11. The van der Waals surface area contributed by atoms with E-state index in [1.54, 1.807) is 0 Å². The average Bonchev–Trinajstić information content (AvgIpc) is 2.94. The largest absolute Gasteiger partial charge is 0.376 e. The molecule has 3 heterocycles. The monoisotopic (exact) mass is 278 g/mol. The van der Waals surface area contributed by atoms with Crippen LogP contribution in [-0.4, -0.2) is 27.7 Å². The minimum Gasteiger partial charge on any atom is -0.376 e. The zero-order valence-corrected chi connectivity index (χ0v) is 11.6. The predicted molar refractivity (Wildman–Crippen MR) is 71.5 cm³/mol. The fourth-order valence-electron chi connectivity index (χ4n) is 1.98. The van der Waals surface area contributed by atoms with E-state index in [9.17, 15) is 4.79 Å². The molecule has 2 aromatic heterocycles. The van der Waals surface area contributed by atoms with Crippen molar-refractivity contribution in [3.8, 4) is 0 Å². The maximum absolute atomic E-state index is 12.2. The van der Waals surface area contributed by atoms with Crippen molar-refractivity contribution < 1.29 is 9.53 Å². The van der Waals surface area contributed by atoms with Gasteiger partial charge in [-0.2, -0.15) is 5.10 Å². The number of amides is 1. The molecule has 1 aliphatic rings. The number of rotatable bonds is 2. The summed E-state index contributed by atoms with van der Waals surface area (Å²) in [4.78, 5) is 17.6. The standard InChI is InChI=1S/C12H14N4O2S/c1-6-7(2)19-12(13-6)14-11(17)10-8-5-18-4-3-9(8)15-16-10/h3-5H2,1-2H3,(H,15,16)(H,13,14,17). The molecule has 0 fully saturated rings. The normalized spacial score (nSPS) is 14.2. The lowest BCUT2D eigenvalue weighted by atomic mass is 10.1. The Balaban J connectivity index is 1.82. The van der Waals surface area contributed by atoms with Crippen LogP contribution in [0.3, 0.4) is 0 Å². The summed E-state index contributed by atoms with van der Waals surface area (Å²) in [6.07, 6.45) is 0.769. The van der Waals surface area contributed by atoms with Crippen LogP contribution in [0, 0.1) is 13.8 Å². The second-order valence-electron chi connectivity index (χ2n) is 4.45. The quantitative estimate of drug-likeness (QED) is 0.878. The number of carbonyl (C=O) groups is 1. The number of nitrogens with zero attached hydrogens (tertiary/aromatic N) is 2. The number of aromatic nitrogens is 3. The minimum atomic E-state index is -0.239. The fourth-order valence-corrected chi connectivity index (χ4v) is 2.79. The first-order valence-electron chi connectivity index (χ1n) is 6.04. The number of ether oxygens (including phenoxy) is 1. The molecular formula is C12H14N4O2S. The van der Waals surface area contributed by atoms with E-state index in [0.29, 0.717) is 24.0 Å². The highest BCUT2D eigenvalue weighted by Crippen LogP contribution is 2.23. The summed E-state index contributed by atoms with van der Waals surface area (Å²) in [7, 11) is 0. The molecule has 0 atom stereocenters. The van der Waals surface area contributed by atoms with E-state index in [0.717, 1.165) is 28.2 Å². The molecule has 6 nitrogen and oxygen atoms in total. The van der Waals surface area contributed by atoms with Gasteiger partial charge in [0.15, 0.2) is 10.8 Å². The van der Waals surface area contributed by atoms with Gasteiger partial charge in [0.05, 0.1) is 18.9 Å². The molecule has 1 amide bonds. The third-order valence-corrected chi connectivity index (χ3v) is 4.15. The summed E-state index contributed by atoms with van der Waals surface area (Å²) < 4.78 is 5.37. The lowest BCUT2D eigenvalue weighted by molar-refractivity contribution is 0.0985. The van der Waals surface area contributed by atoms with Gasteiger partial charge in [-0.05, 0) is 13.8 Å². The molecule has 19 heavy (non-hydrogen) atoms. The van der Waals surface area contributed by atoms with Crippen LogP contribution in [0.1, 0.15) is 32.3 Å². The van der Waals surface area contributed by atoms with E-state index in [1.165, 1.54) is 11.3 Å². The highest BCUT2D eigenvalue weighted by Gasteiger charge is 2.22. The molecule has 2 N–H and O–H groups in total. The van der Waals surface area contributed by atoms with Crippen LogP contribution in [0.4, 0.5) is 5.13 Å². The van der Waals surface area contributed by atoms with Crippen LogP contribution in [0.2, 0.25) is 0 Å². The molecule has 0 bridgehead atoms. The van der Waals surface area contributed by atoms with Gasteiger partial charge in [0.1, 0.15) is 0 Å². The zero-order chi connectivity index (χ0) is 13.4. The van der Waals surface area contributed by atoms with Crippen LogP contribution in [0.25, 0.3) is 0 Å². The molecule has 0 saturated heterocycles. The van der Waals surface area contributed by atoms with Crippen molar-refractivity contribution >= 4 is 22.4 Å². The van der Waals surface area contributed by atoms with E-state index < -0.39 is 0 Å². The Kier molecular flexibility index (Phi) is 3.08. The van der Waals surface area contributed by atoms with Crippen molar-refractivity contribution in [2.75, 3.05) is 11.9 Å². The van der Waals surface area contributed by atoms with Crippen molar-refractivity contribution in [3.05, 3.63) is 27.5 Å². The molecule has 0 unspecified atom stereocenters. The number of hydrogen-bond acceptors (Lipinski definition) is 5. The number of nitrogens with one attached hydrogen (secondary N) is 2. The predicted octanol–water partition coefficient (Wildman–Crippen LogP) is 1.81. The smallest absolute Gasteiger partial charge is 0.278 e. The number of H-pyrrole nitrogens is 1. The fraction of sp³-hybridized carbons (Fsp3) is 0.417. The number of carbonyl (C=O) groups excluding carboxylic acids is 1. The molecule has 2 aromatic rings. The van der Waals surface area contributed by atoms with E-state index >= 15 is 0 Å². The van der Waals surface area contributed by atoms with Crippen LogP contribution in [0.5, 0.6) is 0 Å². The number of fused-ring (bicyclic) bond motifs is 1. The third kappa shape index (κ3) is 2.26. The summed E-state index contributed by atoms with van der Waals surface area (Å²) in [5.41, 5.74) is 3.18. The molecule has 0 spiro atoms. The summed E-state index contributed by atoms with van der Waals surface area (Å²) >= 11 is 1.47. The number of aromatic amines is 1. The first kappa shape index (κ1) is 12.3. The van der Waals surface area contributed by atoms with E-state index in [4.69, 9.17) is 4.74 Å². The third-order valence-electron chi connectivity index (χ3n) is 3.16. The summed E-state index contributed by atoms with van der Waals surface area (Å²) in [5, 5.41) is 10.4. The Labute approximate surface area is 114 Å². The molecule has 0 radical (unpaired) electrons. The average molecular weight is 278 g/mol. The molecule has 1 aliphatic heterocycles. The maximum Gasteiger partial charge on any atom is 0.278 e. The molecule has 0 saturated carbocycles. The van der Waals surface area contributed by atoms with Crippen molar-refractivity contribution in [3.63, 3.8) is 0 Å². The van der Waals surface area contributed by atoms with Gasteiger partial charge in [0.25, 0.3) is 5.91 Å². The summed E-state index contributed by atoms with van der Waals surface area (Å²) in [5.74, 6) is -0.239. The van der Waals surface area contributed by atoms with Gasteiger partial charge in [-0.15, -0.1) is 11.3 Å². The Hall–Kier alpha value is -1.73. The Morgan fingerprint density at radius 1 is 1.47 bits per heavy atom. The Morgan fingerprint density at radius 2 is 2.32 bits per heavy atom. The van der Waals surface area contributed by atoms with Crippen molar-refractivity contribution in [1.29, 1.82) is 0 Å². The van der Waals surface area contributed by atoms with Crippen LogP contribution < -0.4 is 5.32 Å². The van der Waals surface area contributed by atoms with E-state index in [2.05, 4.69) is 20.5 Å². The van der Waals surface area contributed by atoms with Crippen molar-refractivity contribution in [2.45, 2.75) is 26.9 Å². The summed E-state index contributed by atoms with van der Waals surface area (Å²) in [6, 6.07) is 0. The van der Waals surface area contributed by atoms with Gasteiger partial charge >= 0.3 is 0 Å². The second-order valence-corrected chi connectivity index (χ2v) is 5.65. The SMILES string of the molecule is Cc1nc(NC(=O)c2n[nH]c3c2COCC3)sc1C. The van der Waals surface area contributed by atoms with Gasteiger partial charge in [-0.3, -0.25) is 15.2 Å². The minimum absolute atomic E-state index is 0.239. The van der Waals surface area contributed by atoms with Crippen molar-refractivity contribution in [1.82, 2.24) is 15.2 Å². The molecule has 3 rings (SSSR count). The van der Waals surface area contributed by atoms with E-state index in [1.807, 2.05) is 13.8 Å². The molecular weight excluding hydrogens is 264 g/mol. The highest BCUT2D eigenvalue weighted by atomic mass is 32.1. The number of anilines is 1. The van der Waals surface area contributed by atoms with Gasteiger partial charge in [-0.1, -0.05) is 0 Å². The molecule has 7 heteroatoms. The highest BCUT2D eigenvalue weighted by molar-refractivity contribution is 7.15. The Bertz CT molecular complexity index is 612. The maximum atomic E-state index is 12.2. The van der Waals surface area contributed by atoms with E-state index in [-0.39, 0.29) is 5.91 Å². The Morgan fingerprint density at radius 3 is 3.05 bits per heavy atom. The summed E-state index contributed by atoms with van der Waals surface area (Å²) in [6.45, 7) is 5.00. The topological polar surface area (TPSA) is 79.9 Å². The first-order chi connectivity index (χ1) is 9.15. The van der Waals surface area contributed by atoms with Crippen molar-refractivity contribution in [2.24, 2.45) is 0 Å². The molecule has 0 aromatic carbocycles. The van der Waals surface area contributed by atoms with Crippen LogP contribution in [-0.2, 0) is 17.8 Å². The van der Waals surface area contributed by atoms with Gasteiger partial charge in [0.2, 0.25) is 0 Å². The number of thiazole rings is 1. The molecule has 100 valence electrons. The lowest BCUT2D eigenvalue weighted by Crippen LogP contribution is -2.17. The van der Waals surface area contributed by atoms with Crippen LogP contribution in [0.15, 0.2) is 0 Å². The van der Waals surface area contributed by atoms with Gasteiger partial charge in [0, 0.05) is 22.6 Å². The number of hydrogen-bond donors (Lipinski definition) is 2. The molecule has 0 aliphatic carbocycles. The zero-order valence-electron chi connectivity index (χ0n) is 10.7. The van der Waals surface area contributed by atoms with Gasteiger partial charge in [-0.25, -0.2) is 4.98 Å².